The zero-order chi connectivity index (χ0) is 14.8. The molecule has 0 fully saturated rings. The molecule has 3 rings (SSSR count). The van der Waals surface area contributed by atoms with E-state index in [0.717, 1.165) is 11.8 Å². The monoisotopic (exact) mass is 286 g/mol. The van der Waals surface area contributed by atoms with Gasteiger partial charge >= 0.3 is 0 Å². The summed E-state index contributed by atoms with van der Waals surface area (Å²) in [5, 5.41) is 4.32. The first-order valence-corrected chi connectivity index (χ1v) is 6.31. The highest BCUT2D eigenvalue weighted by Crippen LogP contribution is 2.22. The minimum atomic E-state index is -0.420. The van der Waals surface area contributed by atoms with Gasteiger partial charge in [0.15, 0.2) is 0 Å². The van der Waals surface area contributed by atoms with E-state index in [9.17, 15) is 8.78 Å². The average molecular weight is 286 g/mol. The molecular formula is C15H12F2N4. The second kappa shape index (κ2) is 5.32. The summed E-state index contributed by atoms with van der Waals surface area (Å²) in [6.45, 7) is 0.392. The second-order valence-corrected chi connectivity index (χ2v) is 4.62. The summed E-state index contributed by atoms with van der Waals surface area (Å²) in [5.41, 5.74) is 8.08. The Labute approximate surface area is 119 Å². The molecule has 0 unspecified atom stereocenters. The molecule has 0 radical (unpaired) electrons. The topological polar surface area (TPSA) is 56.7 Å². The Morgan fingerprint density at radius 1 is 1.10 bits per heavy atom. The van der Waals surface area contributed by atoms with Crippen LogP contribution in [0.15, 0.2) is 48.8 Å². The molecule has 2 aromatic heterocycles. The number of nitrogen functional groups attached to an aromatic ring is 1. The van der Waals surface area contributed by atoms with E-state index in [1.165, 1.54) is 24.3 Å². The van der Waals surface area contributed by atoms with Gasteiger partial charge < -0.3 is 5.73 Å². The van der Waals surface area contributed by atoms with Crippen LogP contribution in [0.25, 0.3) is 11.4 Å². The fourth-order valence-electron chi connectivity index (χ4n) is 2.06. The lowest BCUT2D eigenvalue weighted by Gasteiger charge is -2.01. The first-order chi connectivity index (χ1) is 10.1. The van der Waals surface area contributed by atoms with E-state index in [1.54, 1.807) is 23.0 Å². The van der Waals surface area contributed by atoms with Crippen molar-refractivity contribution >= 4 is 5.69 Å². The van der Waals surface area contributed by atoms with Crippen molar-refractivity contribution in [2.24, 2.45) is 0 Å². The first kappa shape index (κ1) is 13.2. The molecule has 0 bridgehead atoms. The van der Waals surface area contributed by atoms with Crippen LogP contribution in [0, 0.1) is 11.6 Å². The highest BCUT2D eigenvalue weighted by atomic mass is 19.1. The highest BCUT2D eigenvalue weighted by molar-refractivity contribution is 5.68. The molecule has 3 aromatic rings. The molecule has 0 atom stereocenters. The van der Waals surface area contributed by atoms with Gasteiger partial charge in [-0.15, -0.1) is 0 Å². The molecule has 0 spiro atoms. The number of benzene rings is 1. The third kappa shape index (κ3) is 2.89. The molecule has 4 nitrogen and oxygen atoms in total. The van der Waals surface area contributed by atoms with Crippen LogP contribution in [0.4, 0.5) is 14.5 Å². The van der Waals surface area contributed by atoms with Crippen LogP contribution in [0.1, 0.15) is 5.56 Å². The lowest BCUT2D eigenvalue weighted by Crippen LogP contribution is -2.00. The van der Waals surface area contributed by atoms with Crippen molar-refractivity contribution in [3.63, 3.8) is 0 Å². The predicted molar refractivity (Wildman–Crippen MR) is 75.3 cm³/mol. The lowest BCUT2D eigenvalue weighted by molar-refractivity contribution is 0.619. The Morgan fingerprint density at radius 3 is 2.67 bits per heavy atom. The van der Waals surface area contributed by atoms with Crippen LogP contribution in [0.3, 0.4) is 0 Å². The first-order valence-electron chi connectivity index (χ1n) is 6.31. The van der Waals surface area contributed by atoms with Gasteiger partial charge in [-0.3, -0.25) is 9.67 Å². The van der Waals surface area contributed by atoms with Crippen LogP contribution >= 0.6 is 0 Å². The van der Waals surface area contributed by atoms with E-state index < -0.39 is 5.82 Å². The van der Waals surface area contributed by atoms with E-state index in [4.69, 9.17) is 5.73 Å². The quantitative estimate of drug-likeness (QED) is 0.805. The molecule has 0 aliphatic heterocycles. The van der Waals surface area contributed by atoms with Gasteiger partial charge in [0.25, 0.3) is 0 Å². The summed E-state index contributed by atoms with van der Waals surface area (Å²) in [4.78, 5) is 3.95. The van der Waals surface area contributed by atoms with E-state index in [-0.39, 0.29) is 5.82 Å². The van der Waals surface area contributed by atoms with Crippen LogP contribution in [0.2, 0.25) is 0 Å². The maximum atomic E-state index is 13.2. The fraction of sp³-hybridized carbons (Fsp3) is 0.0667. The van der Waals surface area contributed by atoms with Crippen molar-refractivity contribution in [3.8, 4) is 11.4 Å². The number of nitrogens with two attached hydrogens (primary N) is 1. The van der Waals surface area contributed by atoms with Gasteiger partial charge in [0.1, 0.15) is 17.3 Å². The Bertz CT molecular complexity index is 766. The molecule has 0 saturated heterocycles. The van der Waals surface area contributed by atoms with Gasteiger partial charge in [-0.2, -0.15) is 5.10 Å². The SMILES string of the molecule is Nc1cn(Cc2cccc(F)c2)nc1-c1ccc(F)cn1. The normalized spacial score (nSPS) is 10.8. The van der Waals surface area contributed by atoms with Gasteiger partial charge in [-0.25, -0.2) is 8.78 Å². The average Bonchev–Trinajstić information content (AvgIpc) is 2.80. The number of pyridine rings is 1. The lowest BCUT2D eigenvalue weighted by atomic mass is 10.2. The minimum Gasteiger partial charge on any atom is -0.396 e. The van der Waals surface area contributed by atoms with E-state index in [1.807, 2.05) is 0 Å². The highest BCUT2D eigenvalue weighted by Gasteiger charge is 2.10. The molecule has 21 heavy (non-hydrogen) atoms. The number of hydrogen-bond donors (Lipinski definition) is 1. The molecule has 2 heterocycles. The maximum absolute atomic E-state index is 13.2. The van der Waals surface area contributed by atoms with Crippen molar-refractivity contribution in [1.29, 1.82) is 0 Å². The molecule has 1 aromatic carbocycles. The number of rotatable bonds is 3. The van der Waals surface area contributed by atoms with Gasteiger partial charge in [0.2, 0.25) is 0 Å². The molecule has 2 N–H and O–H groups in total. The van der Waals surface area contributed by atoms with Crippen LogP contribution in [-0.4, -0.2) is 14.8 Å². The van der Waals surface area contributed by atoms with Crippen LogP contribution in [-0.2, 0) is 6.54 Å². The molecular weight excluding hydrogens is 274 g/mol. The van der Waals surface area contributed by atoms with Crippen molar-refractivity contribution < 1.29 is 8.78 Å². The van der Waals surface area contributed by atoms with E-state index >= 15 is 0 Å². The molecule has 0 aliphatic rings. The summed E-state index contributed by atoms with van der Waals surface area (Å²) in [6.07, 6.45) is 2.76. The Balaban J connectivity index is 1.89. The minimum absolute atomic E-state index is 0.298. The van der Waals surface area contributed by atoms with E-state index in [0.29, 0.717) is 23.6 Å². The van der Waals surface area contributed by atoms with Crippen molar-refractivity contribution in [2.45, 2.75) is 6.54 Å². The number of nitrogens with zero attached hydrogens (tertiary/aromatic N) is 3. The molecule has 0 amide bonds. The van der Waals surface area contributed by atoms with Crippen molar-refractivity contribution in [2.75, 3.05) is 5.73 Å². The van der Waals surface area contributed by atoms with Crippen molar-refractivity contribution in [3.05, 3.63) is 66.0 Å². The van der Waals surface area contributed by atoms with Gasteiger partial charge in [-0.05, 0) is 29.8 Å². The summed E-state index contributed by atoms with van der Waals surface area (Å²) >= 11 is 0. The maximum Gasteiger partial charge on any atom is 0.141 e. The predicted octanol–water partition coefficient (Wildman–Crippen LogP) is 2.85. The van der Waals surface area contributed by atoms with E-state index in [2.05, 4.69) is 10.1 Å². The third-order valence-electron chi connectivity index (χ3n) is 2.99. The number of anilines is 1. The van der Waals surface area contributed by atoms with Gasteiger partial charge in [-0.1, -0.05) is 12.1 Å². The molecule has 6 heteroatoms. The Hall–Kier alpha value is -2.76. The standard InChI is InChI=1S/C15H12F2N4/c16-11-3-1-2-10(6-11)8-21-9-13(18)15(20-21)14-5-4-12(17)7-19-14/h1-7,9H,8,18H2. The number of hydrogen-bond acceptors (Lipinski definition) is 3. The fourth-order valence-corrected chi connectivity index (χ4v) is 2.06. The smallest absolute Gasteiger partial charge is 0.141 e. The zero-order valence-corrected chi connectivity index (χ0v) is 11.0. The summed E-state index contributed by atoms with van der Waals surface area (Å²) in [7, 11) is 0. The molecule has 106 valence electrons. The van der Waals surface area contributed by atoms with Gasteiger partial charge in [0.05, 0.1) is 24.1 Å². The summed E-state index contributed by atoms with van der Waals surface area (Å²) < 4.78 is 27.6. The second-order valence-electron chi connectivity index (χ2n) is 4.62. The summed E-state index contributed by atoms with van der Waals surface area (Å²) in [5.74, 6) is -0.718. The Morgan fingerprint density at radius 2 is 1.95 bits per heavy atom. The third-order valence-corrected chi connectivity index (χ3v) is 2.99. The number of aromatic nitrogens is 3. The van der Waals surface area contributed by atoms with Crippen LogP contribution < -0.4 is 5.73 Å². The zero-order valence-electron chi connectivity index (χ0n) is 11.0. The number of halogens is 2. The molecule has 0 saturated carbocycles. The van der Waals surface area contributed by atoms with Crippen LogP contribution in [0.5, 0.6) is 0 Å². The summed E-state index contributed by atoms with van der Waals surface area (Å²) in [6, 6.07) is 9.08. The largest absolute Gasteiger partial charge is 0.396 e. The Kier molecular flexibility index (Phi) is 3.35. The van der Waals surface area contributed by atoms with Gasteiger partial charge in [0, 0.05) is 6.20 Å². The van der Waals surface area contributed by atoms with Crippen molar-refractivity contribution in [1.82, 2.24) is 14.8 Å². The molecule has 0 aliphatic carbocycles.